The van der Waals surface area contributed by atoms with Crippen molar-refractivity contribution in [2.24, 2.45) is 0 Å². The number of rotatable bonds is 5. The number of ether oxygens (including phenoxy) is 1. The number of aryl methyl sites for hydroxylation is 3. The van der Waals surface area contributed by atoms with Crippen LogP contribution in [-0.2, 0) is 13.2 Å². The van der Waals surface area contributed by atoms with Crippen molar-refractivity contribution in [2.45, 2.75) is 33.9 Å². The summed E-state index contributed by atoms with van der Waals surface area (Å²) in [6, 6.07) is 4.83. The first kappa shape index (κ1) is 15.5. The van der Waals surface area contributed by atoms with Crippen molar-refractivity contribution in [2.75, 3.05) is 0 Å². The summed E-state index contributed by atoms with van der Waals surface area (Å²) in [5.74, 6) is 0.272. The molecule has 1 heterocycles. The average molecular weight is 354 g/mol. The first-order valence-electron chi connectivity index (χ1n) is 6.53. The van der Waals surface area contributed by atoms with E-state index in [1.807, 2.05) is 25.5 Å². The number of halogens is 1. The van der Waals surface area contributed by atoms with Crippen LogP contribution < -0.4 is 4.74 Å². The molecule has 0 fully saturated rings. The predicted molar refractivity (Wildman–Crippen MR) is 82.5 cm³/mol. The molecule has 1 aromatic carbocycles. The highest BCUT2D eigenvalue weighted by Gasteiger charge is 2.18. The van der Waals surface area contributed by atoms with Crippen LogP contribution in [-0.4, -0.2) is 14.7 Å². The topological polar surface area (TPSA) is 70.2 Å². The van der Waals surface area contributed by atoms with E-state index >= 15 is 0 Å². The Balaban J connectivity index is 2.28. The van der Waals surface area contributed by atoms with Gasteiger partial charge in [0.1, 0.15) is 6.61 Å². The van der Waals surface area contributed by atoms with Crippen LogP contribution in [0.25, 0.3) is 0 Å². The maximum atomic E-state index is 11.0. The third-order valence-electron chi connectivity index (χ3n) is 3.13. The van der Waals surface area contributed by atoms with Crippen LogP contribution in [0.1, 0.15) is 23.9 Å². The fraction of sp³-hybridized carbons (Fsp3) is 0.357. The molecule has 0 spiro atoms. The Kier molecular flexibility index (Phi) is 4.62. The number of nitro benzene ring substituents is 1. The summed E-state index contributed by atoms with van der Waals surface area (Å²) < 4.78 is 8.36. The monoisotopic (exact) mass is 353 g/mol. The Hall–Kier alpha value is -1.89. The van der Waals surface area contributed by atoms with Crippen LogP contribution in [0.2, 0.25) is 0 Å². The standard InChI is InChI=1S/C14H16BrN3O3/c1-4-17-12(14(15)10(3)16-17)8-21-13-7-9(2)5-6-11(13)18(19)20/h5-7H,4,8H2,1-3H3. The smallest absolute Gasteiger partial charge is 0.310 e. The molecule has 0 saturated heterocycles. The number of benzene rings is 1. The Bertz CT molecular complexity index is 682. The van der Waals surface area contributed by atoms with Gasteiger partial charge in [-0.2, -0.15) is 5.10 Å². The van der Waals surface area contributed by atoms with Gasteiger partial charge in [-0.15, -0.1) is 0 Å². The molecule has 112 valence electrons. The van der Waals surface area contributed by atoms with E-state index in [-0.39, 0.29) is 18.0 Å². The summed E-state index contributed by atoms with van der Waals surface area (Å²) in [6.45, 7) is 6.68. The number of hydrogen-bond acceptors (Lipinski definition) is 4. The van der Waals surface area contributed by atoms with Crippen LogP contribution in [0.15, 0.2) is 22.7 Å². The van der Waals surface area contributed by atoms with Gasteiger partial charge >= 0.3 is 5.69 Å². The van der Waals surface area contributed by atoms with Crippen molar-refractivity contribution in [3.8, 4) is 5.75 Å². The summed E-state index contributed by atoms with van der Waals surface area (Å²) in [6.07, 6.45) is 0. The maximum Gasteiger partial charge on any atom is 0.310 e. The molecule has 0 bridgehead atoms. The summed E-state index contributed by atoms with van der Waals surface area (Å²) in [4.78, 5) is 10.6. The van der Waals surface area contributed by atoms with Crippen LogP contribution in [0.3, 0.4) is 0 Å². The van der Waals surface area contributed by atoms with Gasteiger partial charge in [0.2, 0.25) is 0 Å². The zero-order valence-corrected chi connectivity index (χ0v) is 13.7. The van der Waals surface area contributed by atoms with Crippen molar-refractivity contribution in [3.63, 3.8) is 0 Å². The van der Waals surface area contributed by atoms with Crippen LogP contribution in [0.4, 0.5) is 5.69 Å². The molecule has 0 saturated carbocycles. The first-order chi connectivity index (χ1) is 9.93. The fourth-order valence-corrected chi connectivity index (χ4v) is 2.44. The van der Waals surface area contributed by atoms with E-state index in [1.54, 1.807) is 12.1 Å². The van der Waals surface area contributed by atoms with Crippen molar-refractivity contribution in [1.82, 2.24) is 9.78 Å². The Morgan fingerprint density at radius 1 is 1.43 bits per heavy atom. The van der Waals surface area contributed by atoms with Gasteiger partial charge in [-0.3, -0.25) is 14.8 Å². The Morgan fingerprint density at radius 2 is 2.14 bits per heavy atom. The highest BCUT2D eigenvalue weighted by molar-refractivity contribution is 9.10. The highest BCUT2D eigenvalue weighted by atomic mass is 79.9. The first-order valence-corrected chi connectivity index (χ1v) is 7.33. The molecule has 0 unspecified atom stereocenters. The van der Waals surface area contributed by atoms with Gasteiger partial charge in [0, 0.05) is 12.6 Å². The normalized spacial score (nSPS) is 10.7. The zero-order valence-electron chi connectivity index (χ0n) is 12.1. The average Bonchev–Trinajstić information content (AvgIpc) is 2.71. The summed E-state index contributed by atoms with van der Waals surface area (Å²) in [5, 5.41) is 15.4. The minimum Gasteiger partial charge on any atom is -0.480 e. The van der Waals surface area contributed by atoms with E-state index in [4.69, 9.17) is 4.74 Å². The van der Waals surface area contributed by atoms with Gasteiger partial charge in [-0.1, -0.05) is 6.07 Å². The maximum absolute atomic E-state index is 11.0. The fourth-order valence-electron chi connectivity index (χ4n) is 2.04. The lowest BCUT2D eigenvalue weighted by molar-refractivity contribution is -0.386. The predicted octanol–water partition coefficient (Wildman–Crippen LogP) is 3.77. The number of nitrogens with zero attached hydrogens (tertiary/aromatic N) is 3. The minimum absolute atomic E-state index is 0.0315. The molecule has 6 nitrogen and oxygen atoms in total. The second kappa shape index (κ2) is 6.26. The number of hydrogen-bond donors (Lipinski definition) is 0. The van der Waals surface area contributed by atoms with E-state index < -0.39 is 4.92 Å². The molecular weight excluding hydrogens is 338 g/mol. The van der Waals surface area contributed by atoms with E-state index in [1.165, 1.54) is 6.07 Å². The molecule has 0 aliphatic heterocycles. The van der Waals surface area contributed by atoms with Crippen molar-refractivity contribution < 1.29 is 9.66 Å². The molecular formula is C14H16BrN3O3. The molecule has 2 rings (SSSR count). The summed E-state index contributed by atoms with van der Waals surface area (Å²) in [7, 11) is 0. The summed E-state index contributed by atoms with van der Waals surface area (Å²) >= 11 is 3.48. The SMILES string of the molecule is CCn1nc(C)c(Br)c1COc1cc(C)ccc1[N+](=O)[O-]. The molecule has 0 radical (unpaired) electrons. The molecule has 0 amide bonds. The third kappa shape index (κ3) is 3.24. The largest absolute Gasteiger partial charge is 0.480 e. The van der Waals surface area contributed by atoms with Gasteiger partial charge in [0.05, 0.1) is 20.8 Å². The van der Waals surface area contributed by atoms with Gasteiger partial charge in [-0.05, 0) is 48.3 Å². The molecule has 0 N–H and O–H groups in total. The second-order valence-electron chi connectivity index (χ2n) is 4.68. The van der Waals surface area contributed by atoms with Crippen LogP contribution in [0, 0.1) is 24.0 Å². The van der Waals surface area contributed by atoms with Crippen molar-refractivity contribution >= 4 is 21.6 Å². The second-order valence-corrected chi connectivity index (χ2v) is 5.47. The van der Waals surface area contributed by atoms with Gasteiger partial charge in [0.15, 0.2) is 5.75 Å². The van der Waals surface area contributed by atoms with Gasteiger partial charge in [-0.25, -0.2) is 0 Å². The van der Waals surface area contributed by atoms with Gasteiger partial charge < -0.3 is 4.74 Å². The number of aromatic nitrogens is 2. The highest BCUT2D eigenvalue weighted by Crippen LogP contribution is 2.30. The van der Waals surface area contributed by atoms with Crippen LogP contribution >= 0.6 is 15.9 Å². The molecule has 1 aromatic heterocycles. The lowest BCUT2D eigenvalue weighted by Crippen LogP contribution is -2.07. The zero-order chi connectivity index (χ0) is 15.6. The molecule has 2 aromatic rings. The molecule has 0 aliphatic carbocycles. The summed E-state index contributed by atoms with van der Waals surface area (Å²) in [5.41, 5.74) is 2.62. The Morgan fingerprint density at radius 3 is 2.76 bits per heavy atom. The van der Waals surface area contributed by atoms with Crippen molar-refractivity contribution in [1.29, 1.82) is 0 Å². The quantitative estimate of drug-likeness (QED) is 0.605. The lowest BCUT2D eigenvalue weighted by atomic mass is 10.2. The molecule has 0 aliphatic rings. The third-order valence-corrected chi connectivity index (χ3v) is 4.16. The molecule has 7 heteroatoms. The van der Waals surface area contributed by atoms with E-state index in [9.17, 15) is 10.1 Å². The Labute approximate surface area is 131 Å². The lowest BCUT2D eigenvalue weighted by Gasteiger charge is -2.09. The van der Waals surface area contributed by atoms with E-state index in [2.05, 4.69) is 21.0 Å². The molecule has 21 heavy (non-hydrogen) atoms. The van der Waals surface area contributed by atoms with Crippen LogP contribution in [0.5, 0.6) is 5.75 Å². The molecule has 0 atom stereocenters. The minimum atomic E-state index is -0.438. The van der Waals surface area contributed by atoms with Gasteiger partial charge in [0.25, 0.3) is 0 Å². The number of nitro groups is 1. The van der Waals surface area contributed by atoms with Crippen molar-refractivity contribution in [3.05, 3.63) is 49.7 Å². The van der Waals surface area contributed by atoms with E-state index in [0.29, 0.717) is 6.54 Å². The van der Waals surface area contributed by atoms with E-state index in [0.717, 1.165) is 21.4 Å².